The molecule has 6 heteroatoms. The molecule has 0 bridgehead atoms. The van der Waals surface area contributed by atoms with Gasteiger partial charge in [0.15, 0.2) is 0 Å². The van der Waals surface area contributed by atoms with Crippen molar-refractivity contribution in [1.82, 2.24) is 0 Å². The van der Waals surface area contributed by atoms with Gasteiger partial charge in [0.05, 0.1) is 12.2 Å². The zero-order chi connectivity index (χ0) is 18.9. The molecular weight excluding hydrogens is 343 g/mol. The van der Waals surface area contributed by atoms with E-state index in [1.807, 2.05) is 19.9 Å². The Morgan fingerprint density at radius 3 is 2.46 bits per heavy atom. The van der Waals surface area contributed by atoms with Gasteiger partial charge in [-0.05, 0) is 29.7 Å². The predicted octanol–water partition coefficient (Wildman–Crippen LogP) is 5.20. The molecule has 140 valence electrons. The first-order valence-corrected chi connectivity index (χ1v) is 8.59. The maximum Gasteiger partial charge on any atom is 0.416 e. The van der Waals surface area contributed by atoms with Crippen LogP contribution in [0.15, 0.2) is 42.5 Å². The summed E-state index contributed by atoms with van der Waals surface area (Å²) in [6.07, 6.45) is -4.27. The van der Waals surface area contributed by atoms with Crippen molar-refractivity contribution in [2.24, 2.45) is 5.92 Å². The Bertz CT molecular complexity index is 757. The summed E-state index contributed by atoms with van der Waals surface area (Å²) in [5.74, 6) is 0.860. The Morgan fingerprint density at radius 1 is 1.15 bits per heavy atom. The maximum absolute atomic E-state index is 12.8. The number of fused-ring (bicyclic) bond motifs is 1. The third kappa shape index (κ3) is 4.12. The van der Waals surface area contributed by atoms with Gasteiger partial charge >= 0.3 is 6.18 Å². The van der Waals surface area contributed by atoms with Gasteiger partial charge in [-0.3, -0.25) is 0 Å². The second-order valence-electron chi connectivity index (χ2n) is 6.98. The van der Waals surface area contributed by atoms with Crippen LogP contribution >= 0.6 is 0 Å². The van der Waals surface area contributed by atoms with Gasteiger partial charge in [0.2, 0.25) is 6.29 Å². The van der Waals surface area contributed by atoms with Crippen LogP contribution in [-0.4, -0.2) is 12.9 Å². The molecule has 2 aromatic rings. The number of nitrogens with two attached hydrogens (primary N) is 1. The number of anilines is 1. The third-order valence-corrected chi connectivity index (χ3v) is 4.36. The molecule has 0 fully saturated rings. The van der Waals surface area contributed by atoms with Crippen LogP contribution in [0.3, 0.4) is 0 Å². The lowest BCUT2D eigenvalue weighted by Gasteiger charge is -2.33. The number of nitrogen functional groups attached to an aromatic ring is 1. The molecule has 3 rings (SSSR count). The normalized spacial score (nSPS) is 19.9. The Kier molecular flexibility index (Phi) is 5.14. The van der Waals surface area contributed by atoms with Crippen LogP contribution in [0, 0.1) is 5.92 Å². The first-order valence-electron chi connectivity index (χ1n) is 8.59. The molecule has 0 radical (unpaired) electrons. The maximum atomic E-state index is 12.8. The lowest BCUT2D eigenvalue weighted by molar-refractivity contribution is -0.137. The summed E-state index contributed by atoms with van der Waals surface area (Å²) in [4.78, 5) is 0. The van der Waals surface area contributed by atoms with Crippen molar-refractivity contribution in [2.45, 2.75) is 38.7 Å². The van der Waals surface area contributed by atoms with Gasteiger partial charge in [-0.15, -0.1) is 0 Å². The molecule has 0 aliphatic carbocycles. The van der Waals surface area contributed by atoms with Crippen LogP contribution in [0.2, 0.25) is 0 Å². The summed E-state index contributed by atoms with van der Waals surface area (Å²) < 4.78 is 50.2. The fraction of sp³-hybridized carbons (Fsp3) is 0.400. The zero-order valence-electron chi connectivity index (χ0n) is 14.7. The summed E-state index contributed by atoms with van der Waals surface area (Å²) in [6.45, 7) is 4.63. The van der Waals surface area contributed by atoms with E-state index in [1.165, 1.54) is 12.1 Å². The highest BCUT2D eigenvalue weighted by Gasteiger charge is 2.33. The van der Waals surface area contributed by atoms with E-state index in [1.54, 1.807) is 12.1 Å². The molecule has 1 aliphatic heterocycles. The molecule has 0 aromatic heterocycles. The smallest absolute Gasteiger partial charge is 0.416 e. The average Bonchev–Trinajstić information content (AvgIpc) is 2.58. The molecule has 2 unspecified atom stereocenters. The summed E-state index contributed by atoms with van der Waals surface area (Å²) in [6, 6.07) is 10.7. The van der Waals surface area contributed by atoms with Crippen LogP contribution in [0.1, 0.15) is 42.9 Å². The first-order chi connectivity index (χ1) is 12.2. The summed E-state index contributed by atoms with van der Waals surface area (Å²) in [7, 11) is 0. The van der Waals surface area contributed by atoms with E-state index >= 15 is 0 Å². The first kappa shape index (κ1) is 18.6. The molecule has 1 aliphatic rings. The number of halogens is 3. The minimum atomic E-state index is -4.34. The van der Waals surface area contributed by atoms with Crippen LogP contribution < -0.4 is 10.5 Å². The molecule has 0 saturated heterocycles. The Balaban J connectivity index is 1.91. The predicted molar refractivity (Wildman–Crippen MR) is 94.0 cm³/mol. The van der Waals surface area contributed by atoms with Crippen molar-refractivity contribution >= 4 is 5.69 Å². The fourth-order valence-electron chi connectivity index (χ4n) is 3.07. The molecule has 2 atom stereocenters. The van der Waals surface area contributed by atoms with Gasteiger partial charge in [0.1, 0.15) is 5.75 Å². The Morgan fingerprint density at radius 2 is 1.85 bits per heavy atom. The van der Waals surface area contributed by atoms with Crippen molar-refractivity contribution in [3.05, 3.63) is 59.2 Å². The largest absolute Gasteiger partial charge is 0.465 e. The second-order valence-corrected chi connectivity index (χ2v) is 6.98. The topological polar surface area (TPSA) is 44.5 Å². The highest BCUT2D eigenvalue weighted by atomic mass is 19.4. The SMILES string of the molecule is CC(C)COC1CC(c2ccc(C(F)(F)F)cc2)c2ccc(N)cc2O1. The monoisotopic (exact) mass is 365 g/mol. The van der Waals surface area contributed by atoms with E-state index in [2.05, 4.69) is 0 Å². The van der Waals surface area contributed by atoms with Gasteiger partial charge in [0, 0.05) is 29.7 Å². The van der Waals surface area contributed by atoms with E-state index in [0.717, 1.165) is 23.3 Å². The summed E-state index contributed by atoms with van der Waals surface area (Å²) >= 11 is 0. The van der Waals surface area contributed by atoms with Crippen LogP contribution in [0.4, 0.5) is 18.9 Å². The minimum absolute atomic E-state index is 0.112. The number of hydrogen-bond donors (Lipinski definition) is 1. The molecule has 1 heterocycles. The number of rotatable bonds is 4. The van der Waals surface area contributed by atoms with E-state index < -0.39 is 18.0 Å². The molecule has 3 nitrogen and oxygen atoms in total. The number of alkyl halides is 3. The quantitative estimate of drug-likeness (QED) is 0.758. The lowest BCUT2D eigenvalue weighted by atomic mass is 9.85. The van der Waals surface area contributed by atoms with E-state index in [9.17, 15) is 13.2 Å². The second kappa shape index (κ2) is 7.19. The van der Waals surface area contributed by atoms with Crippen molar-refractivity contribution in [1.29, 1.82) is 0 Å². The average molecular weight is 365 g/mol. The van der Waals surface area contributed by atoms with Crippen LogP contribution in [0.25, 0.3) is 0 Å². The molecule has 2 aromatic carbocycles. The molecule has 2 N–H and O–H groups in total. The zero-order valence-corrected chi connectivity index (χ0v) is 14.7. The molecule has 0 saturated carbocycles. The van der Waals surface area contributed by atoms with Gasteiger partial charge in [-0.1, -0.05) is 32.0 Å². The van der Waals surface area contributed by atoms with Crippen molar-refractivity contribution in [3.8, 4) is 5.75 Å². The van der Waals surface area contributed by atoms with E-state index in [4.69, 9.17) is 15.2 Å². The lowest BCUT2D eigenvalue weighted by Crippen LogP contribution is -2.30. The standard InChI is InChI=1S/C20H22F3NO2/c1-12(2)11-25-19-10-17(16-8-7-15(24)9-18(16)26-19)13-3-5-14(6-4-13)20(21,22)23/h3-9,12,17,19H,10-11,24H2,1-2H3. The van der Waals surface area contributed by atoms with Gasteiger partial charge in [-0.2, -0.15) is 13.2 Å². The van der Waals surface area contributed by atoms with E-state index in [0.29, 0.717) is 30.4 Å². The summed E-state index contributed by atoms with van der Waals surface area (Å²) in [5.41, 5.74) is 7.47. The summed E-state index contributed by atoms with van der Waals surface area (Å²) in [5, 5.41) is 0. The van der Waals surface area contributed by atoms with Crippen molar-refractivity contribution < 1.29 is 22.6 Å². The van der Waals surface area contributed by atoms with Gasteiger partial charge in [0.25, 0.3) is 0 Å². The highest BCUT2D eigenvalue weighted by molar-refractivity contribution is 5.53. The molecule has 0 spiro atoms. The van der Waals surface area contributed by atoms with E-state index in [-0.39, 0.29) is 5.92 Å². The fourth-order valence-corrected chi connectivity index (χ4v) is 3.07. The minimum Gasteiger partial charge on any atom is -0.465 e. The Hall–Kier alpha value is -2.21. The number of benzene rings is 2. The molecule has 26 heavy (non-hydrogen) atoms. The number of ether oxygens (including phenoxy) is 2. The third-order valence-electron chi connectivity index (χ3n) is 4.36. The number of hydrogen-bond acceptors (Lipinski definition) is 3. The highest BCUT2D eigenvalue weighted by Crippen LogP contribution is 2.42. The molecule has 0 amide bonds. The van der Waals surface area contributed by atoms with Gasteiger partial charge in [-0.25, -0.2) is 0 Å². The van der Waals surface area contributed by atoms with Crippen LogP contribution in [0.5, 0.6) is 5.75 Å². The van der Waals surface area contributed by atoms with Gasteiger partial charge < -0.3 is 15.2 Å². The Labute approximate surface area is 150 Å². The van der Waals surface area contributed by atoms with Crippen LogP contribution in [-0.2, 0) is 10.9 Å². The van der Waals surface area contributed by atoms with Crippen molar-refractivity contribution in [3.63, 3.8) is 0 Å². The molecular formula is C20H22F3NO2. The van der Waals surface area contributed by atoms with Crippen molar-refractivity contribution in [2.75, 3.05) is 12.3 Å².